The lowest BCUT2D eigenvalue weighted by molar-refractivity contribution is 0.542. The second-order valence-corrected chi connectivity index (χ2v) is 5.99. The molecule has 1 rings (SSSR count). The first-order chi connectivity index (χ1) is 7.90. The third-order valence-electron chi connectivity index (χ3n) is 2.53. The van der Waals surface area contributed by atoms with E-state index in [4.69, 9.17) is 17.3 Å². The fraction of sp³-hybridized carbons (Fsp3) is 0.455. The van der Waals surface area contributed by atoms with E-state index in [0.717, 1.165) is 0 Å². The third-order valence-corrected chi connectivity index (χ3v) is 4.44. The van der Waals surface area contributed by atoms with E-state index in [2.05, 4.69) is 4.72 Å². The van der Waals surface area contributed by atoms with Gasteiger partial charge in [-0.3, -0.25) is 0 Å². The van der Waals surface area contributed by atoms with Crippen LogP contribution in [0.1, 0.15) is 18.9 Å². The highest BCUT2D eigenvalue weighted by molar-refractivity contribution is 7.89. The van der Waals surface area contributed by atoms with Crippen LogP contribution in [0.2, 0.25) is 5.02 Å². The Balaban J connectivity index is 3.05. The van der Waals surface area contributed by atoms with Gasteiger partial charge in [-0.1, -0.05) is 18.5 Å². The zero-order valence-electron chi connectivity index (χ0n) is 9.90. The summed E-state index contributed by atoms with van der Waals surface area (Å²) in [5.41, 5.74) is 6.10. The maximum atomic E-state index is 12.1. The Morgan fingerprint density at radius 2 is 2.12 bits per heavy atom. The van der Waals surface area contributed by atoms with Crippen LogP contribution >= 0.6 is 11.6 Å². The molecule has 1 aromatic rings. The van der Waals surface area contributed by atoms with Gasteiger partial charge in [0.1, 0.15) is 0 Å². The van der Waals surface area contributed by atoms with Crippen molar-refractivity contribution in [2.45, 2.75) is 31.2 Å². The number of nitrogens with one attached hydrogen (secondary N) is 1. The number of hydrogen-bond donors (Lipinski definition) is 2. The summed E-state index contributed by atoms with van der Waals surface area (Å²) in [4.78, 5) is 0.244. The molecule has 0 bridgehead atoms. The van der Waals surface area contributed by atoms with Crippen LogP contribution in [0.4, 0.5) is 0 Å². The van der Waals surface area contributed by atoms with Gasteiger partial charge in [0.25, 0.3) is 0 Å². The van der Waals surface area contributed by atoms with Crippen molar-refractivity contribution in [3.05, 3.63) is 28.8 Å². The quantitative estimate of drug-likeness (QED) is 0.859. The smallest absolute Gasteiger partial charge is 0.241 e. The predicted octanol–water partition coefficient (Wildman–Crippen LogP) is 1.66. The van der Waals surface area contributed by atoms with E-state index in [-0.39, 0.29) is 17.5 Å². The van der Waals surface area contributed by atoms with Gasteiger partial charge in [0.2, 0.25) is 10.0 Å². The van der Waals surface area contributed by atoms with Gasteiger partial charge in [-0.25, -0.2) is 13.1 Å². The molecule has 17 heavy (non-hydrogen) atoms. The van der Waals surface area contributed by atoms with E-state index in [1.165, 1.54) is 6.07 Å². The first kappa shape index (κ1) is 14.4. The summed E-state index contributed by atoms with van der Waals surface area (Å²) in [5.74, 6) is 0. The molecule has 0 saturated heterocycles. The van der Waals surface area contributed by atoms with E-state index in [0.29, 0.717) is 17.0 Å². The van der Waals surface area contributed by atoms with Crippen molar-refractivity contribution in [1.29, 1.82) is 0 Å². The van der Waals surface area contributed by atoms with E-state index >= 15 is 0 Å². The fourth-order valence-electron chi connectivity index (χ4n) is 1.50. The number of nitrogens with two attached hydrogens (primary N) is 1. The lowest BCUT2D eigenvalue weighted by atomic mass is 10.2. The molecule has 0 aliphatic heterocycles. The molecule has 0 aliphatic carbocycles. The molecule has 0 heterocycles. The average molecular weight is 277 g/mol. The highest BCUT2D eigenvalue weighted by Crippen LogP contribution is 2.19. The SMILES string of the molecule is CCC(CN)NS(=O)(=O)c1ccc(Cl)cc1C. The van der Waals surface area contributed by atoms with Crippen molar-refractivity contribution >= 4 is 21.6 Å². The molecule has 1 aromatic carbocycles. The molecule has 0 saturated carbocycles. The van der Waals surface area contributed by atoms with Crippen LogP contribution in [0.3, 0.4) is 0 Å². The Bertz CT molecular complexity index is 484. The predicted molar refractivity (Wildman–Crippen MR) is 69.6 cm³/mol. The molecule has 6 heteroatoms. The van der Waals surface area contributed by atoms with Crippen LogP contribution in [0.25, 0.3) is 0 Å². The monoisotopic (exact) mass is 276 g/mol. The largest absolute Gasteiger partial charge is 0.329 e. The molecule has 0 radical (unpaired) electrons. The number of aryl methyl sites for hydroxylation is 1. The summed E-state index contributed by atoms with van der Waals surface area (Å²) < 4.78 is 26.7. The van der Waals surface area contributed by atoms with Gasteiger partial charge in [-0.05, 0) is 37.1 Å². The number of halogens is 1. The molecule has 0 fully saturated rings. The summed E-state index contributed by atoms with van der Waals surface area (Å²) in [7, 11) is -3.52. The van der Waals surface area contributed by atoms with Crippen molar-refractivity contribution in [1.82, 2.24) is 4.72 Å². The van der Waals surface area contributed by atoms with Crippen LogP contribution in [-0.4, -0.2) is 21.0 Å². The zero-order valence-corrected chi connectivity index (χ0v) is 11.5. The standard InChI is InChI=1S/C11H17ClN2O2S/c1-3-10(7-13)14-17(15,16)11-5-4-9(12)6-8(11)2/h4-6,10,14H,3,7,13H2,1-2H3. The van der Waals surface area contributed by atoms with Gasteiger partial charge in [-0.2, -0.15) is 0 Å². The van der Waals surface area contributed by atoms with Gasteiger partial charge in [0, 0.05) is 17.6 Å². The van der Waals surface area contributed by atoms with Crippen LogP contribution in [0.5, 0.6) is 0 Å². The van der Waals surface area contributed by atoms with Gasteiger partial charge >= 0.3 is 0 Å². The molecule has 0 aliphatic rings. The zero-order chi connectivity index (χ0) is 13.1. The van der Waals surface area contributed by atoms with Crippen molar-refractivity contribution in [2.24, 2.45) is 5.73 Å². The Labute approximate surface area is 107 Å². The first-order valence-corrected chi connectivity index (χ1v) is 7.25. The van der Waals surface area contributed by atoms with Gasteiger partial charge < -0.3 is 5.73 Å². The molecule has 3 N–H and O–H groups in total. The molecule has 1 atom stereocenters. The number of benzene rings is 1. The topological polar surface area (TPSA) is 72.2 Å². The summed E-state index contributed by atoms with van der Waals surface area (Å²) in [5, 5.41) is 0.521. The minimum absolute atomic E-state index is 0.241. The van der Waals surface area contributed by atoms with Gasteiger partial charge in [0.15, 0.2) is 0 Å². The second-order valence-electron chi connectivity index (χ2n) is 3.87. The van der Waals surface area contributed by atoms with Gasteiger partial charge in [-0.15, -0.1) is 0 Å². The summed E-state index contributed by atoms with van der Waals surface area (Å²) in [6.07, 6.45) is 0.655. The summed E-state index contributed by atoms with van der Waals surface area (Å²) in [6, 6.07) is 4.45. The Kier molecular flexibility index (Phi) is 4.94. The summed E-state index contributed by atoms with van der Waals surface area (Å²) >= 11 is 5.79. The van der Waals surface area contributed by atoms with Crippen LogP contribution in [-0.2, 0) is 10.0 Å². The van der Waals surface area contributed by atoms with Crippen molar-refractivity contribution in [3.8, 4) is 0 Å². The van der Waals surface area contributed by atoms with E-state index in [1.807, 2.05) is 6.92 Å². The number of hydrogen-bond acceptors (Lipinski definition) is 3. The molecule has 4 nitrogen and oxygen atoms in total. The lowest BCUT2D eigenvalue weighted by Crippen LogP contribution is -2.39. The maximum Gasteiger partial charge on any atom is 0.241 e. The van der Waals surface area contributed by atoms with Crippen LogP contribution < -0.4 is 10.5 Å². The molecular formula is C11H17ClN2O2S. The van der Waals surface area contributed by atoms with Crippen LogP contribution in [0.15, 0.2) is 23.1 Å². The molecular weight excluding hydrogens is 260 g/mol. The van der Waals surface area contributed by atoms with Crippen LogP contribution in [0, 0.1) is 6.92 Å². The molecule has 0 amide bonds. The van der Waals surface area contributed by atoms with E-state index < -0.39 is 10.0 Å². The highest BCUT2D eigenvalue weighted by atomic mass is 35.5. The Morgan fingerprint density at radius 1 is 1.47 bits per heavy atom. The van der Waals surface area contributed by atoms with Crippen molar-refractivity contribution in [3.63, 3.8) is 0 Å². The average Bonchev–Trinajstić information content (AvgIpc) is 2.25. The molecule has 1 unspecified atom stereocenters. The molecule has 0 aromatic heterocycles. The van der Waals surface area contributed by atoms with E-state index in [1.54, 1.807) is 19.1 Å². The Hall–Kier alpha value is -0.620. The maximum absolute atomic E-state index is 12.1. The number of rotatable bonds is 5. The number of sulfonamides is 1. The van der Waals surface area contributed by atoms with E-state index in [9.17, 15) is 8.42 Å². The molecule has 96 valence electrons. The summed E-state index contributed by atoms with van der Waals surface area (Å²) in [6.45, 7) is 3.88. The Morgan fingerprint density at radius 3 is 2.59 bits per heavy atom. The molecule has 0 spiro atoms. The normalized spacial score (nSPS) is 13.6. The van der Waals surface area contributed by atoms with Gasteiger partial charge in [0.05, 0.1) is 4.90 Å². The third kappa shape index (κ3) is 3.67. The first-order valence-electron chi connectivity index (χ1n) is 5.39. The minimum atomic E-state index is -3.52. The minimum Gasteiger partial charge on any atom is -0.329 e. The lowest BCUT2D eigenvalue weighted by Gasteiger charge is -2.16. The fourth-order valence-corrected chi connectivity index (χ4v) is 3.28. The highest BCUT2D eigenvalue weighted by Gasteiger charge is 2.20. The second kappa shape index (κ2) is 5.82. The van der Waals surface area contributed by atoms with Crippen molar-refractivity contribution < 1.29 is 8.42 Å². The van der Waals surface area contributed by atoms with Crippen molar-refractivity contribution in [2.75, 3.05) is 6.54 Å².